The summed E-state index contributed by atoms with van der Waals surface area (Å²) in [6.07, 6.45) is 5.40. The minimum atomic E-state index is -0.682. The van der Waals surface area contributed by atoms with Gasteiger partial charge in [0.25, 0.3) is 5.91 Å². The number of carbonyl (C=O) groups is 1. The van der Waals surface area contributed by atoms with Gasteiger partial charge in [-0.1, -0.05) is 23.2 Å². The van der Waals surface area contributed by atoms with E-state index in [2.05, 4.69) is 25.9 Å². The molecule has 5 rings (SSSR count). The maximum Gasteiger partial charge on any atom is 0.257 e. The van der Waals surface area contributed by atoms with E-state index in [1.165, 1.54) is 18.5 Å². The summed E-state index contributed by atoms with van der Waals surface area (Å²) >= 11 is 11.9. The lowest BCUT2D eigenvalue weighted by Crippen LogP contribution is -2.42. The second-order valence-corrected chi connectivity index (χ2v) is 9.48. The first kappa shape index (κ1) is 23.8. The summed E-state index contributed by atoms with van der Waals surface area (Å²) in [7, 11) is 1.54. The van der Waals surface area contributed by atoms with Crippen molar-refractivity contribution in [3.8, 4) is 11.5 Å². The van der Waals surface area contributed by atoms with Gasteiger partial charge < -0.3 is 25.4 Å². The number of amides is 1. The van der Waals surface area contributed by atoms with Gasteiger partial charge in [0.2, 0.25) is 0 Å². The smallest absolute Gasteiger partial charge is 0.257 e. The maximum absolute atomic E-state index is 14.7. The van der Waals surface area contributed by atoms with E-state index >= 15 is 0 Å². The van der Waals surface area contributed by atoms with Gasteiger partial charge in [0.05, 0.1) is 21.2 Å². The number of carbonyl (C=O) groups excluding carboxylic acids is 1. The minimum Gasteiger partial charge on any atom is -0.486 e. The van der Waals surface area contributed by atoms with Crippen molar-refractivity contribution in [2.24, 2.45) is 0 Å². The fourth-order valence-electron chi connectivity index (χ4n) is 4.61. The van der Waals surface area contributed by atoms with Crippen LogP contribution in [0.5, 0.6) is 11.5 Å². The molecule has 1 amide bonds. The summed E-state index contributed by atoms with van der Waals surface area (Å²) in [6.45, 7) is -0.166. The molecule has 2 saturated heterocycles. The van der Waals surface area contributed by atoms with Crippen LogP contribution >= 0.6 is 23.2 Å². The number of halogens is 3. The Morgan fingerprint density at radius 2 is 1.94 bits per heavy atom. The lowest BCUT2D eigenvalue weighted by molar-refractivity contribution is -0.122. The largest absolute Gasteiger partial charge is 0.486 e. The summed E-state index contributed by atoms with van der Waals surface area (Å²) in [5, 5.41) is 9.65. The normalized spacial score (nSPS) is 21.1. The van der Waals surface area contributed by atoms with Crippen LogP contribution in [0, 0.1) is 5.82 Å². The Morgan fingerprint density at radius 1 is 1.17 bits per heavy atom. The molecule has 2 aliphatic rings. The number of aromatic nitrogens is 2. The van der Waals surface area contributed by atoms with Crippen molar-refractivity contribution in [1.82, 2.24) is 20.6 Å². The van der Waals surface area contributed by atoms with E-state index in [-0.39, 0.29) is 34.4 Å². The second kappa shape index (κ2) is 10.0. The predicted molar refractivity (Wildman–Crippen MR) is 132 cm³/mol. The highest BCUT2D eigenvalue weighted by atomic mass is 35.5. The van der Waals surface area contributed by atoms with E-state index in [1.54, 1.807) is 19.2 Å². The first-order chi connectivity index (χ1) is 16.9. The van der Waals surface area contributed by atoms with Crippen molar-refractivity contribution >= 4 is 51.5 Å². The Hall–Kier alpha value is -2.88. The van der Waals surface area contributed by atoms with Crippen LogP contribution in [0.25, 0.3) is 10.9 Å². The number of nitrogens with zero attached hydrogens (tertiary/aromatic N) is 2. The molecular weight excluding hydrogens is 496 g/mol. The summed E-state index contributed by atoms with van der Waals surface area (Å²) in [5.74, 6) is 0.284. The van der Waals surface area contributed by atoms with Crippen LogP contribution in [0.4, 0.5) is 15.9 Å². The SMILES string of the molecule is CNC(=O)COc1cc2ncnc(Nc3ccc(Cl)c(Cl)c3F)c2cc1O[C@@H]1C[C@H]2CC[C@@H](C1)N2. The molecule has 184 valence electrons. The van der Waals surface area contributed by atoms with E-state index in [0.717, 1.165) is 25.7 Å². The molecule has 2 aliphatic heterocycles. The van der Waals surface area contributed by atoms with Crippen LogP contribution in [0.15, 0.2) is 30.6 Å². The molecule has 1 aromatic heterocycles. The summed E-state index contributed by atoms with van der Waals surface area (Å²) < 4.78 is 26.9. The maximum atomic E-state index is 14.7. The second-order valence-electron chi connectivity index (χ2n) is 8.70. The van der Waals surface area contributed by atoms with Gasteiger partial charge in [-0.25, -0.2) is 14.4 Å². The van der Waals surface area contributed by atoms with Gasteiger partial charge in [-0.3, -0.25) is 4.79 Å². The molecule has 2 fully saturated rings. The molecule has 0 aliphatic carbocycles. The number of nitrogens with one attached hydrogen (secondary N) is 3. The molecule has 0 saturated carbocycles. The molecule has 11 heteroatoms. The minimum absolute atomic E-state index is 0.00195. The van der Waals surface area contributed by atoms with Crippen LogP contribution < -0.4 is 25.4 Å². The van der Waals surface area contributed by atoms with Gasteiger partial charge in [0, 0.05) is 30.6 Å². The number of likely N-dealkylation sites (N-methyl/N-ethyl adjacent to an activating group) is 1. The lowest BCUT2D eigenvalue weighted by Gasteiger charge is -2.30. The average molecular weight is 520 g/mol. The van der Waals surface area contributed by atoms with Crippen molar-refractivity contribution in [2.45, 2.75) is 43.9 Å². The summed E-state index contributed by atoms with van der Waals surface area (Å²) in [5.41, 5.74) is 0.657. The fraction of sp³-hybridized carbons (Fsp3) is 0.375. The van der Waals surface area contributed by atoms with E-state index < -0.39 is 5.82 Å². The molecule has 0 radical (unpaired) electrons. The number of benzene rings is 2. The Labute approximate surface area is 211 Å². The van der Waals surface area contributed by atoms with Crippen molar-refractivity contribution in [1.29, 1.82) is 0 Å². The number of ether oxygens (including phenoxy) is 2. The van der Waals surface area contributed by atoms with Crippen LogP contribution in [-0.2, 0) is 4.79 Å². The number of hydrogen-bond acceptors (Lipinski definition) is 7. The van der Waals surface area contributed by atoms with Crippen molar-refractivity contribution in [2.75, 3.05) is 19.0 Å². The van der Waals surface area contributed by atoms with Crippen LogP contribution in [0.2, 0.25) is 10.0 Å². The Balaban J connectivity index is 1.50. The lowest BCUT2D eigenvalue weighted by atomic mass is 10.0. The number of rotatable bonds is 7. The molecule has 2 bridgehead atoms. The third-order valence-electron chi connectivity index (χ3n) is 6.35. The van der Waals surface area contributed by atoms with E-state index in [0.29, 0.717) is 40.3 Å². The third-order valence-corrected chi connectivity index (χ3v) is 7.13. The Kier molecular flexibility index (Phi) is 6.82. The Bertz CT molecular complexity index is 1270. The van der Waals surface area contributed by atoms with Crippen molar-refractivity contribution in [3.63, 3.8) is 0 Å². The molecule has 2 aromatic carbocycles. The zero-order valence-electron chi connectivity index (χ0n) is 18.9. The summed E-state index contributed by atoms with van der Waals surface area (Å²) in [6, 6.07) is 7.32. The zero-order chi connectivity index (χ0) is 24.5. The zero-order valence-corrected chi connectivity index (χ0v) is 20.4. The van der Waals surface area contributed by atoms with Crippen molar-refractivity contribution < 1.29 is 18.7 Å². The number of anilines is 2. The van der Waals surface area contributed by atoms with Gasteiger partial charge in [-0.05, 0) is 43.9 Å². The molecule has 3 atom stereocenters. The highest BCUT2D eigenvalue weighted by Gasteiger charge is 2.35. The fourth-order valence-corrected chi connectivity index (χ4v) is 4.93. The van der Waals surface area contributed by atoms with Gasteiger partial charge in [0.15, 0.2) is 23.9 Å². The molecule has 8 nitrogen and oxygen atoms in total. The third kappa shape index (κ3) is 5.07. The molecular formula is C24H24Cl2FN5O3. The summed E-state index contributed by atoms with van der Waals surface area (Å²) in [4.78, 5) is 20.4. The van der Waals surface area contributed by atoms with Crippen LogP contribution in [-0.4, -0.2) is 47.7 Å². The highest BCUT2D eigenvalue weighted by molar-refractivity contribution is 6.42. The van der Waals surface area contributed by atoms with E-state index in [9.17, 15) is 9.18 Å². The highest BCUT2D eigenvalue weighted by Crippen LogP contribution is 2.39. The Morgan fingerprint density at radius 3 is 2.69 bits per heavy atom. The number of hydrogen-bond donors (Lipinski definition) is 3. The average Bonchev–Trinajstić information content (AvgIpc) is 3.20. The van der Waals surface area contributed by atoms with E-state index in [1.807, 2.05) is 0 Å². The molecule has 0 spiro atoms. The van der Waals surface area contributed by atoms with Gasteiger partial charge in [0.1, 0.15) is 18.2 Å². The van der Waals surface area contributed by atoms with Crippen molar-refractivity contribution in [3.05, 3.63) is 46.5 Å². The molecule has 3 heterocycles. The first-order valence-electron chi connectivity index (χ1n) is 11.4. The van der Waals surface area contributed by atoms with E-state index in [4.69, 9.17) is 32.7 Å². The molecule has 3 aromatic rings. The van der Waals surface area contributed by atoms with Crippen LogP contribution in [0.3, 0.4) is 0 Å². The van der Waals surface area contributed by atoms with Gasteiger partial charge in [-0.15, -0.1) is 0 Å². The number of fused-ring (bicyclic) bond motifs is 3. The molecule has 35 heavy (non-hydrogen) atoms. The molecule has 3 N–H and O–H groups in total. The van der Waals surface area contributed by atoms with Gasteiger partial charge >= 0.3 is 0 Å². The first-order valence-corrected chi connectivity index (χ1v) is 12.1. The number of piperidine rings is 1. The predicted octanol–water partition coefficient (Wildman–Crippen LogP) is 4.61. The standard InChI is InChI=1S/C24H24Cl2FN5O3/c1-28-21(33)10-34-19-9-18-15(8-20(19)35-14-6-12-2-3-13(7-14)31-12)24(30-11-29-18)32-17-5-4-16(25)22(26)23(17)27/h4-5,8-9,11-14,31H,2-3,6-7,10H2,1H3,(H,28,33)(H,29,30,32)/t12-,13+,14-. The molecule has 0 unspecified atom stereocenters. The van der Waals surface area contributed by atoms with Gasteiger partial charge in [-0.2, -0.15) is 0 Å². The monoisotopic (exact) mass is 519 g/mol. The van der Waals surface area contributed by atoms with Crippen LogP contribution in [0.1, 0.15) is 25.7 Å². The topological polar surface area (TPSA) is 97.4 Å². The quantitative estimate of drug-likeness (QED) is 0.392.